The molecule has 0 aromatic heterocycles. The molecule has 112 valence electrons. The van der Waals surface area contributed by atoms with E-state index in [9.17, 15) is 12.8 Å². The molecule has 2 rings (SSSR count). The third-order valence-electron chi connectivity index (χ3n) is 2.84. The molecule has 0 bridgehead atoms. The molecule has 0 spiro atoms. The molecule has 0 unspecified atom stereocenters. The molecule has 0 atom stereocenters. The first-order chi connectivity index (χ1) is 9.83. The minimum Gasteiger partial charge on any atom is -0.494 e. The van der Waals surface area contributed by atoms with E-state index in [1.165, 1.54) is 25.3 Å². The Hall–Kier alpha value is -1.60. The van der Waals surface area contributed by atoms with Gasteiger partial charge in [-0.2, -0.15) is 0 Å². The van der Waals surface area contributed by atoms with Crippen LogP contribution in [0.2, 0.25) is 0 Å². The van der Waals surface area contributed by atoms with Gasteiger partial charge < -0.3 is 4.74 Å². The quantitative estimate of drug-likeness (QED) is 0.888. The van der Waals surface area contributed by atoms with Crippen molar-refractivity contribution in [2.75, 3.05) is 11.8 Å². The predicted molar refractivity (Wildman–Crippen MR) is 82.6 cm³/mol. The summed E-state index contributed by atoms with van der Waals surface area (Å²) in [6.45, 7) is 1.69. The van der Waals surface area contributed by atoms with Gasteiger partial charge in [-0.25, -0.2) is 12.8 Å². The second-order valence-corrected chi connectivity index (χ2v) is 6.93. The number of nitrogens with one attached hydrogen (secondary N) is 1. The van der Waals surface area contributed by atoms with Crippen molar-refractivity contribution in [1.29, 1.82) is 0 Å². The minimum atomic E-state index is -3.79. The average molecular weight is 374 g/mol. The lowest BCUT2D eigenvalue weighted by Crippen LogP contribution is -2.14. The minimum absolute atomic E-state index is 0.0524. The topological polar surface area (TPSA) is 55.4 Å². The van der Waals surface area contributed by atoms with Gasteiger partial charge >= 0.3 is 0 Å². The van der Waals surface area contributed by atoms with Crippen molar-refractivity contribution in [3.05, 3.63) is 52.3 Å². The van der Waals surface area contributed by atoms with Gasteiger partial charge in [0.2, 0.25) is 0 Å². The smallest absolute Gasteiger partial charge is 0.262 e. The molecule has 0 radical (unpaired) electrons. The van der Waals surface area contributed by atoms with E-state index in [2.05, 4.69) is 20.7 Å². The van der Waals surface area contributed by atoms with Gasteiger partial charge in [-0.1, -0.05) is 22.0 Å². The molecule has 0 heterocycles. The van der Waals surface area contributed by atoms with Crippen LogP contribution in [0, 0.1) is 12.7 Å². The van der Waals surface area contributed by atoms with Crippen molar-refractivity contribution in [3.8, 4) is 5.75 Å². The number of ether oxygens (including phenoxy) is 1. The number of benzene rings is 2. The number of sulfonamides is 1. The van der Waals surface area contributed by atoms with E-state index >= 15 is 0 Å². The van der Waals surface area contributed by atoms with Crippen LogP contribution in [-0.2, 0) is 10.0 Å². The van der Waals surface area contributed by atoms with Crippen molar-refractivity contribution in [2.24, 2.45) is 0 Å². The van der Waals surface area contributed by atoms with Crippen LogP contribution in [0.1, 0.15) is 5.56 Å². The summed E-state index contributed by atoms with van der Waals surface area (Å²) in [7, 11) is -2.45. The van der Waals surface area contributed by atoms with E-state index in [0.717, 1.165) is 6.07 Å². The van der Waals surface area contributed by atoms with Crippen molar-refractivity contribution in [1.82, 2.24) is 0 Å². The number of aryl methyl sites for hydroxylation is 1. The van der Waals surface area contributed by atoms with E-state index < -0.39 is 15.8 Å². The van der Waals surface area contributed by atoms with E-state index in [-0.39, 0.29) is 16.3 Å². The van der Waals surface area contributed by atoms with Crippen LogP contribution in [0.15, 0.2) is 45.8 Å². The highest BCUT2D eigenvalue weighted by Crippen LogP contribution is 2.25. The largest absolute Gasteiger partial charge is 0.494 e. The highest BCUT2D eigenvalue weighted by molar-refractivity contribution is 9.10. The van der Waals surface area contributed by atoms with Crippen molar-refractivity contribution < 1.29 is 17.5 Å². The van der Waals surface area contributed by atoms with Crippen LogP contribution in [0.4, 0.5) is 10.1 Å². The van der Waals surface area contributed by atoms with Gasteiger partial charge in [-0.15, -0.1) is 0 Å². The molecule has 0 aliphatic rings. The van der Waals surface area contributed by atoms with Crippen LogP contribution in [0.5, 0.6) is 5.75 Å². The fourth-order valence-corrected chi connectivity index (χ4v) is 3.64. The summed E-state index contributed by atoms with van der Waals surface area (Å²) in [6, 6.07) is 8.81. The molecule has 7 heteroatoms. The molecule has 2 aromatic rings. The maximum Gasteiger partial charge on any atom is 0.262 e. The van der Waals surface area contributed by atoms with Crippen LogP contribution in [0.25, 0.3) is 0 Å². The number of methoxy groups -OCH3 is 1. The maximum absolute atomic E-state index is 13.6. The van der Waals surface area contributed by atoms with E-state index in [1.54, 1.807) is 19.1 Å². The summed E-state index contributed by atoms with van der Waals surface area (Å²) < 4.78 is 46.1. The Morgan fingerprint density at radius 1 is 1.19 bits per heavy atom. The zero-order valence-electron chi connectivity index (χ0n) is 11.4. The van der Waals surface area contributed by atoms with Crippen LogP contribution < -0.4 is 9.46 Å². The van der Waals surface area contributed by atoms with Gasteiger partial charge in [0.1, 0.15) is 0 Å². The zero-order chi connectivity index (χ0) is 15.6. The molecule has 0 saturated heterocycles. The SMILES string of the molecule is COc1ccc(NS(=O)(=O)c2cc(Br)ccc2C)cc1F. The van der Waals surface area contributed by atoms with Crippen molar-refractivity contribution in [2.45, 2.75) is 11.8 Å². The monoisotopic (exact) mass is 373 g/mol. The maximum atomic E-state index is 13.6. The zero-order valence-corrected chi connectivity index (χ0v) is 13.8. The fraction of sp³-hybridized carbons (Fsp3) is 0.143. The Morgan fingerprint density at radius 2 is 1.90 bits per heavy atom. The second kappa shape index (κ2) is 6.03. The van der Waals surface area contributed by atoms with Crippen LogP contribution in [0.3, 0.4) is 0 Å². The average Bonchev–Trinajstić information content (AvgIpc) is 2.41. The summed E-state index contributed by atoms with van der Waals surface area (Å²) in [5.74, 6) is -0.583. The normalized spacial score (nSPS) is 11.2. The molecule has 0 saturated carbocycles. The highest BCUT2D eigenvalue weighted by atomic mass is 79.9. The van der Waals surface area contributed by atoms with Gasteiger partial charge in [-0.05, 0) is 36.8 Å². The van der Waals surface area contributed by atoms with Gasteiger partial charge in [-0.3, -0.25) is 4.72 Å². The molecule has 21 heavy (non-hydrogen) atoms. The molecule has 0 amide bonds. The van der Waals surface area contributed by atoms with Crippen LogP contribution >= 0.6 is 15.9 Å². The fourth-order valence-electron chi connectivity index (χ4n) is 1.80. The Balaban J connectivity index is 2.37. The number of anilines is 1. The molecule has 2 aromatic carbocycles. The molecular formula is C14H13BrFNO3S. The second-order valence-electron chi connectivity index (χ2n) is 4.36. The lowest BCUT2D eigenvalue weighted by atomic mass is 10.2. The first-order valence-electron chi connectivity index (χ1n) is 5.96. The van der Waals surface area contributed by atoms with Crippen molar-refractivity contribution in [3.63, 3.8) is 0 Å². The van der Waals surface area contributed by atoms with Gasteiger partial charge in [0, 0.05) is 10.5 Å². The third-order valence-corrected chi connectivity index (χ3v) is 4.86. The Kier molecular flexibility index (Phi) is 4.53. The number of hydrogen-bond acceptors (Lipinski definition) is 3. The predicted octanol–water partition coefficient (Wildman–Crippen LogP) is 3.71. The summed E-state index contributed by atoms with van der Waals surface area (Å²) in [5.41, 5.74) is 0.729. The standard InChI is InChI=1S/C14H13BrFNO3S/c1-9-3-4-10(15)7-14(9)21(18,19)17-11-5-6-13(20-2)12(16)8-11/h3-8,17H,1-2H3. The number of rotatable bonds is 4. The molecule has 0 aliphatic heterocycles. The summed E-state index contributed by atoms with van der Waals surface area (Å²) in [4.78, 5) is 0.133. The summed E-state index contributed by atoms with van der Waals surface area (Å²) in [5, 5.41) is 0. The Morgan fingerprint density at radius 3 is 2.52 bits per heavy atom. The lowest BCUT2D eigenvalue weighted by molar-refractivity contribution is 0.386. The third kappa shape index (κ3) is 3.54. The Labute approximate surface area is 131 Å². The highest BCUT2D eigenvalue weighted by Gasteiger charge is 2.18. The summed E-state index contributed by atoms with van der Waals surface area (Å²) >= 11 is 3.24. The lowest BCUT2D eigenvalue weighted by Gasteiger charge is -2.11. The first-order valence-corrected chi connectivity index (χ1v) is 8.23. The van der Waals surface area contributed by atoms with E-state index in [1.807, 2.05) is 0 Å². The number of hydrogen-bond donors (Lipinski definition) is 1. The van der Waals surface area contributed by atoms with Gasteiger partial charge in [0.05, 0.1) is 17.7 Å². The van der Waals surface area contributed by atoms with E-state index in [0.29, 0.717) is 10.0 Å². The molecule has 0 aliphatic carbocycles. The first kappa shape index (κ1) is 15.8. The van der Waals surface area contributed by atoms with Gasteiger partial charge in [0.15, 0.2) is 11.6 Å². The molecule has 4 nitrogen and oxygen atoms in total. The molecule has 1 N–H and O–H groups in total. The van der Waals surface area contributed by atoms with Crippen LogP contribution in [-0.4, -0.2) is 15.5 Å². The van der Waals surface area contributed by atoms with Crippen molar-refractivity contribution >= 4 is 31.6 Å². The molecular weight excluding hydrogens is 361 g/mol. The van der Waals surface area contributed by atoms with E-state index in [4.69, 9.17) is 4.74 Å². The van der Waals surface area contributed by atoms with Gasteiger partial charge in [0.25, 0.3) is 10.0 Å². The summed E-state index contributed by atoms with van der Waals surface area (Å²) in [6.07, 6.45) is 0. The Bertz CT molecular complexity index is 778. The molecule has 0 fully saturated rings. The number of halogens is 2.